The van der Waals surface area contributed by atoms with Gasteiger partial charge in [-0.25, -0.2) is 0 Å². The van der Waals surface area contributed by atoms with Crippen molar-refractivity contribution in [3.05, 3.63) is 69.7 Å². The summed E-state index contributed by atoms with van der Waals surface area (Å²) in [7, 11) is 3.09. The van der Waals surface area contributed by atoms with Crippen molar-refractivity contribution in [3.8, 4) is 0 Å². The molecular formula is C18H15ClN2O3. The third-order valence-electron chi connectivity index (χ3n) is 4.05. The molecule has 0 fully saturated rings. The van der Waals surface area contributed by atoms with Crippen LogP contribution < -0.4 is 0 Å². The Balaban J connectivity index is 1.85. The Morgan fingerprint density at radius 2 is 1.75 bits per heavy atom. The number of hydrogen-bond acceptors (Lipinski definition) is 3. The largest absolute Gasteiger partial charge is 0.337 e. The highest BCUT2D eigenvalue weighted by Crippen LogP contribution is 2.24. The van der Waals surface area contributed by atoms with Gasteiger partial charge in [0.05, 0.1) is 11.1 Å². The second kappa shape index (κ2) is 6.09. The van der Waals surface area contributed by atoms with Crippen LogP contribution in [0.3, 0.4) is 0 Å². The van der Waals surface area contributed by atoms with E-state index in [1.807, 2.05) is 18.2 Å². The number of fused-ring (bicyclic) bond motifs is 1. The number of carbonyl (C=O) groups excluding carboxylic acids is 3. The lowest BCUT2D eigenvalue weighted by molar-refractivity contribution is 0.0692. The van der Waals surface area contributed by atoms with Gasteiger partial charge in [-0.3, -0.25) is 19.3 Å². The Morgan fingerprint density at radius 1 is 1.08 bits per heavy atom. The molecule has 1 heterocycles. The summed E-state index contributed by atoms with van der Waals surface area (Å²) in [6, 6.07) is 11.9. The van der Waals surface area contributed by atoms with Gasteiger partial charge in [-0.05, 0) is 29.8 Å². The van der Waals surface area contributed by atoms with Gasteiger partial charge in [0, 0.05) is 31.2 Å². The molecule has 2 aromatic carbocycles. The molecule has 0 aromatic heterocycles. The van der Waals surface area contributed by atoms with Crippen LogP contribution in [0.15, 0.2) is 42.5 Å². The molecule has 0 atom stereocenters. The van der Waals surface area contributed by atoms with E-state index in [-0.39, 0.29) is 17.4 Å². The highest BCUT2D eigenvalue weighted by Gasteiger charge is 2.33. The van der Waals surface area contributed by atoms with Gasteiger partial charge >= 0.3 is 0 Å². The molecule has 2 aromatic rings. The van der Waals surface area contributed by atoms with Crippen LogP contribution in [-0.2, 0) is 6.54 Å². The van der Waals surface area contributed by atoms with E-state index in [4.69, 9.17) is 11.6 Å². The molecule has 0 spiro atoms. The van der Waals surface area contributed by atoms with Crippen molar-refractivity contribution in [2.24, 2.45) is 0 Å². The van der Waals surface area contributed by atoms with Crippen LogP contribution in [0.4, 0.5) is 0 Å². The summed E-state index contributed by atoms with van der Waals surface area (Å²) in [5.41, 5.74) is 1.79. The molecule has 1 aliphatic heterocycles. The maximum atomic E-state index is 12.6. The zero-order chi connectivity index (χ0) is 17.4. The SMILES string of the molecule is CN(Cc1ccccc1Cl)C(=O)c1ccc2c(c1)C(=O)N(C)C2=O. The Labute approximate surface area is 144 Å². The standard InChI is InChI=1S/C18H15ClN2O3/c1-20(10-12-5-3-4-6-15(12)19)16(22)11-7-8-13-14(9-11)18(24)21(2)17(13)23/h3-9H,10H2,1-2H3. The van der Waals surface area contributed by atoms with Crippen LogP contribution in [0.5, 0.6) is 0 Å². The maximum absolute atomic E-state index is 12.6. The summed E-state index contributed by atoms with van der Waals surface area (Å²) in [5.74, 6) is -0.982. The molecule has 0 unspecified atom stereocenters. The maximum Gasteiger partial charge on any atom is 0.261 e. The minimum atomic E-state index is -0.390. The van der Waals surface area contributed by atoms with Crippen molar-refractivity contribution in [1.29, 1.82) is 0 Å². The summed E-state index contributed by atoms with van der Waals surface area (Å²) in [6.45, 7) is 0.350. The fourth-order valence-corrected chi connectivity index (χ4v) is 2.86. The molecule has 0 saturated carbocycles. The Kier molecular flexibility index (Phi) is 4.11. The van der Waals surface area contributed by atoms with E-state index in [0.717, 1.165) is 10.5 Å². The Morgan fingerprint density at radius 3 is 2.46 bits per heavy atom. The Hall–Kier alpha value is -2.66. The van der Waals surface area contributed by atoms with Crippen molar-refractivity contribution in [2.75, 3.05) is 14.1 Å². The highest BCUT2D eigenvalue weighted by atomic mass is 35.5. The van der Waals surface area contributed by atoms with Crippen LogP contribution in [0.25, 0.3) is 0 Å². The van der Waals surface area contributed by atoms with E-state index in [0.29, 0.717) is 22.7 Å². The molecule has 0 N–H and O–H groups in total. The van der Waals surface area contributed by atoms with Gasteiger partial charge in [0.25, 0.3) is 17.7 Å². The lowest BCUT2D eigenvalue weighted by Crippen LogP contribution is -2.26. The quantitative estimate of drug-likeness (QED) is 0.806. The average molecular weight is 343 g/mol. The monoisotopic (exact) mass is 342 g/mol. The third kappa shape index (κ3) is 2.67. The topological polar surface area (TPSA) is 57.7 Å². The normalized spacial score (nSPS) is 13.2. The molecule has 3 rings (SSSR count). The molecule has 122 valence electrons. The molecule has 5 nitrogen and oxygen atoms in total. The van der Waals surface area contributed by atoms with Crippen LogP contribution in [0.1, 0.15) is 36.6 Å². The second-order valence-electron chi connectivity index (χ2n) is 5.68. The van der Waals surface area contributed by atoms with Gasteiger partial charge in [0.1, 0.15) is 0 Å². The molecule has 0 radical (unpaired) electrons. The predicted molar refractivity (Wildman–Crippen MR) is 90.1 cm³/mol. The fraction of sp³-hybridized carbons (Fsp3) is 0.167. The average Bonchev–Trinajstić information content (AvgIpc) is 2.80. The lowest BCUT2D eigenvalue weighted by atomic mass is 10.0. The van der Waals surface area contributed by atoms with E-state index in [2.05, 4.69) is 0 Å². The summed E-state index contributed by atoms with van der Waals surface area (Å²) in [4.78, 5) is 39.1. The number of nitrogens with zero attached hydrogens (tertiary/aromatic N) is 2. The zero-order valence-electron chi connectivity index (χ0n) is 13.2. The summed E-state index contributed by atoms with van der Waals surface area (Å²) < 4.78 is 0. The summed E-state index contributed by atoms with van der Waals surface area (Å²) in [5, 5.41) is 0.591. The summed E-state index contributed by atoms with van der Waals surface area (Å²) in [6.07, 6.45) is 0. The van der Waals surface area contributed by atoms with Crippen molar-refractivity contribution in [1.82, 2.24) is 9.80 Å². The van der Waals surface area contributed by atoms with Crippen LogP contribution in [0.2, 0.25) is 5.02 Å². The van der Waals surface area contributed by atoms with Gasteiger partial charge in [-0.2, -0.15) is 0 Å². The summed E-state index contributed by atoms with van der Waals surface area (Å²) >= 11 is 6.12. The molecule has 1 aliphatic rings. The molecule has 3 amide bonds. The van der Waals surface area contributed by atoms with E-state index < -0.39 is 5.91 Å². The van der Waals surface area contributed by atoms with Gasteiger partial charge < -0.3 is 4.90 Å². The first-order chi connectivity index (χ1) is 11.4. The van der Waals surface area contributed by atoms with Crippen molar-refractivity contribution < 1.29 is 14.4 Å². The number of benzene rings is 2. The van der Waals surface area contributed by atoms with Crippen molar-refractivity contribution in [2.45, 2.75) is 6.54 Å². The first-order valence-corrected chi connectivity index (χ1v) is 7.73. The first-order valence-electron chi connectivity index (χ1n) is 7.35. The van der Waals surface area contributed by atoms with Crippen molar-refractivity contribution >= 4 is 29.3 Å². The number of halogens is 1. The number of rotatable bonds is 3. The number of carbonyl (C=O) groups is 3. The van der Waals surface area contributed by atoms with Crippen LogP contribution in [0, 0.1) is 0 Å². The van der Waals surface area contributed by atoms with E-state index >= 15 is 0 Å². The number of imide groups is 1. The number of amides is 3. The zero-order valence-corrected chi connectivity index (χ0v) is 14.0. The predicted octanol–water partition coefficient (Wildman–Crippen LogP) is 2.84. The molecule has 0 aliphatic carbocycles. The minimum absolute atomic E-state index is 0.243. The lowest BCUT2D eigenvalue weighted by Gasteiger charge is -2.18. The number of hydrogen-bond donors (Lipinski definition) is 0. The van der Waals surface area contributed by atoms with E-state index in [1.54, 1.807) is 19.2 Å². The molecule has 0 saturated heterocycles. The van der Waals surface area contributed by atoms with Crippen LogP contribution >= 0.6 is 11.6 Å². The molecule has 0 bridgehead atoms. The molecule has 6 heteroatoms. The third-order valence-corrected chi connectivity index (χ3v) is 4.42. The van der Waals surface area contributed by atoms with Gasteiger partial charge in [0.2, 0.25) is 0 Å². The van der Waals surface area contributed by atoms with Crippen LogP contribution in [-0.4, -0.2) is 41.6 Å². The van der Waals surface area contributed by atoms with E-state index in [1.165, 1.54) is 24.1 Å². The van der Waals surface area contributed by atoms with Gasteiger partial charge in [-0.1, -0.05) is 29.8 Å². The minimum Gasteiger partial charge on any atom is -0.337 e. The second-order valence-corrected chi connectivity index (χ2v) is 6.09. The molecule has 24 heavy (non-hydrogen) atoms. The first kappa shape index (κ1) is 16.2. The van der Waals surface area contributed by atoms with Crippen molar-refractivity contribution in [3.63, 3.8) is 0 Å². The van der Waals surface area contributed by atoms with Gasteiger partial charge in [-0.15, -0.1) is 0 Å². The van der Waals surface area contributed by atoms with Gasteiger partial charge in [0.15, 0.2) is 0 Å². The molecular weight excluding hydrogens is 328 g/mol. The van der Waals surface area contributed by atoms with E-state index in [9.17, 15) is 14.4 Å². The smallest absolute Gasteiger partial charge is 0.261 e. The fourth-order valence-electron chi connectivity index (χ4n) is 2.67. The highest BCUT2D eigenvalue weighted by molar-refractivity contribution is 6.31. The Bertz CT molecular complexity index is 863.